The average Bonchev–Trinajstić information content (AvgIpc) is 2.53. The molecule has 0 saturated carbocycles. The SMILES string of the molecule is C[C@@H](c1ccccc1)[C@@H](NC(=O)Oc1ccccc1)C(=O)O. The van der Waals surface area contributed by atoms with Gasteiger partial charge in [0, 0.05) is 5.92 Å². The highest BCUT2D eigenvalue weighted by Gasteiger charge is 2.28. The molecule has 0 unspecified atom stereocenters. The lowest BCUT2D eigenvalue weighted by atomic mass is 9.93. The Morgan fingerprint density at radius 2 is 1.55 bits per heavy atom. The third kappa shape index (κ3) is 4.09. The fourth-order valence-corrected chi connectivity index (χ4v) is 2.10. The second-order valence-corrected chi connectivity index (χ2v) is 4.86. The summed E-state index contributed by atoms with van der Waals surface area (Å²) in [5.74, 6) is -1.14. The smallest absolute Gasteiger partial charge is 0.413 e. The maximum absolute atomic E-state index is 11.9. The molecule has 2 aromatic rings. The molecule has 2 atom stereocenters. The van der Waals surface area contributed by atoms with Crippen LogP contribution < -0.4 is 10.1 Å². The van der Waals surface area contributed by atoms with Crippen LogP contribution in [0.15, 0.2) is 60.7 Å². The molecule has 0 aliphatic heterocycles. The molecule has 0 fully saturated rings. The lowest BCUT2D eigenvalue weighted by Gasteiger charge is -2.21. The first-order chi connectivity index (χ1) is 10.6. The van der Waals surface area contributed by atoms with Gasteiger partial charge in [-0.25, -0.2) is 9.59 Å². The zero-order valence-corrected chi connectivity index (χ0v) is 12.1. The predicted octanol–water partition coefficient (Wildman–Crippen LogP) is 3.03. The van der Waals surface area contributed by atoms with Gasteiger partial charge in [-0.1, -0.05) is 55.5 Å². The number of carbonyl (C=O) groups is 2. The van der Waals surface area contributed by atoms with Crippen LogP contribution in [0, 0.1) is 0 Å². The Bertz CT molecular complexity index is 628. The molecule has 0 radical (unpaired) electrons. The van der Waals surface area contributed by atoms with Gasteiger partial charge in [0.15, 0.2) is 0 Å². The molecule has 0 aliphatic carbocycles. The van der Waals surface area contributed by atoms with Gasteiger partial charge in [-0.2, -0.15) is 0 Å². The highest BCUT2D eigenvalue weighted by atomic mass is 16.6. The van der Waals surface area contributed by atoms with Crippen molar-refractivity contribution < 1.29 is 19.4 Å². The Balaban J connectivity index is 2.06. The highest BCUT2D eigenvalue weighted by molar-refractivity contribution is 5.81. The van der Waals surface area contributed by atoms with Crippen molar-refractivity contribution >= 4 is 12.1 Å². The van der Waals surface area contributed by atoms with E-state index in [1.165, 1.54) is 0 Å². The van der Waals surface area contributed by atoms with Crippen LogP contribution >= 0.6 is 0 Å². The quantitative estimate of drug-likeness (QED) is 0.889. The van der Waals surface area contributed by atoms with Crippen LogP contribution in [-0.2, 0) is 4.79 Å². The first-order valence-corrected chi connectivity index (χ1v) is 6.89. The Labute approximate surface area is 128 Å². The summed E-state index contributed by atoms with van der Waals surface area (Å²) in [7, 11) is 0. The lowest BCUT2D eigenvalue weighted by molar-refractivity contribution is -0.139. The van der Waals surface area contributed by atoms with E-state index in [1.54, 1.807) is 37.3 Å². The van der Waals surface area contributed by atoms with Crippen LogP contribution in [0.25, 0.3) is 0 Å². The van der Waals surface area contributed by atoms with Crippen molar-refractivity contribution in [3.8, 4) is 5.75 Å². The Kier molecular flexibility index (Phi) is 5.14. The fourth-order valence-electron chi connectivity index (χ4n) is 2.10. The van der Waals surface area contributed by atoms with E-state index in [1.807, 2.05) is 30.3 Å². The zero-order valence-electron chi connectivity index (χ0n) is 12.1. The largest absolute Gasteiger partial charge is 0.480 e. The fraction of sp³-hybridized carbons (Fsp3) is 0.176. The molecular formula is C17H17NO4. The second-order valence-electron chi connectivity index (χ2n) is 4.86. The summed E-state index contributed by atoms with van der Waals surface area (Å²) in [6.45, 7) is 1.75. The van der Waals surface area contributed by atoms with Crippen LogP contribution in [0.5, 0.6) is 5.75 Å². The van der Waals surface area contributed by atoms with Gasteiger partial charge >= 0.3 is 12.1 Å². The predicted molar refractivity (Wildman–Crippen MR) is 81.9 cm³/mol. The highest BCUT2D eigenvalue weighted by Crippen LogP contribution is 2.19. The summed E-state index contributed by atoms with van der Waals surface area (Å²) in [4.78, 5) is 23.3. The second kappa shape index (κ2) is 7.26. The molecular weight excluding hydrogens is 282 g/mol. The molecule has 0 spiro atoms. The topological polar surface area (TPSA) is 75.6 Å². The molecule has 1 amide bonds. The Morgan fingerprint density at radius 1 is 1.00 bits per heavy atom. The van der Waals surface area contributed by atoms with Crippen LogP contribution in [0.3, 0.4) is 0 Å². The molecule has 2 rings (SSSR count). The molecule has 5 heteroatoms. The number of carboxylic acid groups (broad SMARTS) is 1. The first kappa shape index (κ1) is 15.6. The van der Waals surface area contributed by atoms with Gasteiger partial charge in [-0.05, 0) is 17.7 Å². The van der Waals surface area contributed by atoms with Gasteiger partial charge in [-0.3, -0.25) is 0 Å². The van der Waals surface area contributed by atoms with E-state index >= 15 is 0 Å². The van der Waals surface area contributed by atoms with Crippen molar-refractivity contribution in [2.24, 2.45) is 0 Å². The number of hydrogen-bond acceptors (Lipinski definition) is 3. The first-order valence-electron chi connectivity index (χ1n) is 6.89. The monoisotopic (exact) mass is 299 g/mol. The summed E-state index contributed by atoms with van der Waals surface area (Å²) in [5.41, 5.74) is 0.829. The number of para-hydroxylation sites is 1. The van der Waals surface area contributed by atoms with E-state index in [-0.39, 0.29) is 5.92 Å². The Hall–Kier alpha value is -2.82. The minimum Gasteiger partial charge on any atom is -0.480 e. The third-order valence-corrected chi connectivity index (χ3v) is 3.32. The summed E-state index contributed by atoms with van der Waals surface area (Å²) in [6, 6.07) is 16.6. The van der Waals surface area contributed by atoms with Crippen molar-refractivity contribution in [2.75, 3.05) is 0 Å². The molecule has 0 saturated heterocycles. The van der Waals surface area contributed by atoms with Crippen molar-refractivity contribution in [3.63, 3.8) is 0 Å². The normalized spacial score (nSPS) is 13.0. The average molecular weight is 299 g/mol. The van der Waals surface area contributed by atoms with E-state index < -0.39 is 18.1 Å². The van der Waals surface area contributed by atoms with Crippen molar-refractivity contribution in [1.29, 1.82) is 0 Å². The molecule has 2 aromatic carbocycles. The number of ether oxygens (including phenoxy) is 1. The number of carbonyl (C=O) groups excluding carboxylic acids is 1. The number of amides is 1. The van der Waals surface area contributed by atoms with E-state index in [2.05, 4.69) is 5.32 Å². The minimum atomic E-state index is -1.11. The van der Waals surface area contributed by atoms with E-state index in [9.17, 15) is 14.7 Å². The van der Waals surface area contributed by atoms with Crippen molar-refractivity contribution in [3.05, 3.63) is 66.2 Å². The number of nitrogens with one attached hydrogen (secondary N) is 1. The number of hydrogen-bond donors (Lipinski definition) is 2. The molecule has 0 aliphatic rings. The van der Waals surface area contributed by atoms with Gasteiger partial charge in [0.25, 0.3) is 0 Å². The number of carboxylic acids is 1. The van der Waals surface area contributed by atoms with Crippen molar-refractivity contribution in [1.82, 2.24) is 5.32 Å². The van der Waals surface area contributed by atoms with E-state index in [0.29, 0.717) is 5.75 Å². The van der Waals surface area contributed by atoms with Gasteiger partial charge in [0.05, 0.1) is 0 Å². The number of rotatable bonds is 5. The standard InChI is InChI=1S/C17H17NO4/c1-12(13-8-4-2-5-9-13)15(16(19)20)18-17(21)22-14-10-6-3-7-11-14/h2-12,15H,1H3,(H,18,21)(H,19,20)/t12-,15+/m0/s1. The molecule has 0 heterocycles. The van der Waals surface area contributed by atoms with Gasteiger partial charge < -0.3 is 15.2 Å². The minimum absolute atomic E-state index is 0.358. The summed E-state index contributed by atoms with van der Waals surface area (Å²) in [6.07, 6.45) is -0.790. The summed E-state index contributed by atoms with van der Waals surface area (Å²) < 4.78 is 5.07. The summed E-state index contributed by atoms with van der Waals surface area (Å²) >= 11 is 0. The van der Waals surface area contributed by atoms with Gasteiger partial charge in [0.1, 0.15) is 11.8 Å². The van der Waals surface area contributed by atoms with E-state index in [4.69, 9.17) is 4.74 Å². The molecule has 22 heavy (non-hydrogen) atoms. The van der Waals surface area contributed by atoms with Gasteiger partial charge in [-0.15, -0.1) is 0 Å². The maximum Gasteiger partial charge on any atom is 0.413 e. The third-order valence-electron chi connectivity index (χ3n) is 3.32. The Morgan fingerprint density at radius 3 is 2.09 bits per heavy atom. The van der Waals surface area contributed by atoms with Crippen LogP contribution in [0.4, 0.5) is 4.79 Å². The zero-order chi connectivity index (χ0) is 15.9. The number of benzene rings is 2. The molecule has 5 nitrogen and oxygen atoms in total. The van der Waals surface area contributed by atoms with Crippen LogP contribution in [0.2, 0.25) is 0 Å². The van der Waals surface area contributed by atoms with Crippen LogP contribution in [-0.4, -0.2) is 23.2 Å². The lowest BCUT2D eigenvalue weighted by Crippen LogP contribution is -2.45. The molecule has 114 valence electrons. The van der Waals surface area contributed by atoms with Gasteiger partial charge in [0.2, 0.25) is 0 Å². The van der Waals surface area contributed by atoms with Crippen LogP contribution in [0.1, 0.15) is 18.4 Å². The molecule has 0 aromatic heterocycles. The van der Waals surface area contributed by atoms with E-state index in [0.717, 1.165) is 5.56 Å². The molecule has 0 bridgehead atoms. The summed E-state index contributed by atoms with van der Waals surface area (Å²) in [5, 5.41) is 11.8. The maximum atomic E-state index is 11.9. The molecule has 2 N–H and O–H groups in total. The number of aliphatic carboxylic acids is 1. The van der Waals surface area contributed by atoms with Crippen molar-refractivity contribution in [2.45, 2.75) is 18.9 Å².